The third-order valence-electron chi connectivity index (χ3n) is 2.85. The van der Waals surface area contributed by atoms with E-state index in [4.69, 9.17) is 17.3 Å². The van der Waals surface area contributed by atoms with Crippen molar-refractivity contribution in [3.8, 4) is 11.8 Å². The zero-order chi connectivity index (χ0) is 15.1. The molecular formula is C17H15ClN2O. The van der Waals surface area contributed by atoms with Crippen molar-refractivity contribution in [2.75, 3.05) is 6.54 Å². The smallest absolute Gasteiger partial charge is 0.251 e. The van der Waals surface area contributed by atoms with Crippen LogP contribution in [0.3, 0.4) is 0 Å². The second kappa shape index (κ2) is 7.49. The summed E-state index contributed by atoms with van der Waals surface area (Å²) in [6.07, 6.45) is 0. The van der Waals surface area contributed by atoms with Crippen molar-refractivity contribution in [1.82, 2.24) is 5.32 Å². The molecule has 2 rings (SSSR count). The van der Waals surface area contributed by atoms with Crippen LogP contribution >= 0.6 is 11.6 Å². The summed E-state index contributed by atoms with van der Waals surface area (Å²) in [6, 6.07) is 14.5. The summed E-state index contributed by atoms with van der Waals surface area (Å²) in [7, 11) is 0. The molecule has 1 amide bonds. The summed E-state index contributed by atoms with van der Waals surface area (Å²) >= 11 is 5.82. The van der Waals surface area contributed by atoms with E-state index in [-0.39, 0.29) is 5.91 Å². The number of carbonyl (C=O) groups excluding carboxylic acids is 1. The van der Waals surface area contributed by atoms with Crippen LogP contribution in [0.15, 0.2) is 48.5 Å². The minimum atomic E-state index is -0.122. The van der Waals surface area contributed by atoms with Crippen LogP contribution < -0.4 is 11.1 Å². The van der Waals surface area contributed by atoms with Crippen LogP contribution in [0.5, 0.6) is 0 Å². The molecule has 0 unspecified atom stereocenters. The van der Waals surface area contributed by atoms with Crippen molar-refractivity contribution in [3.63, 3.8) is 0 Å². The Bertz CT molecular complexity index is 667. The first-order chi connectivity index (χ1) is 10.2. The Kier molecular flexibility index (Phi) is 5.39. The molecule has 21 heavy (non-hydrogen) atoms. The molecule has 3 N–H and O–H groups in total. The van der Waals surface area contributed by atoms with E-state index in [1.54, 1.807) is 36.4 Å². The van der Waals surface area contributed by atoms with Gasteiger partial charge in [0.25, 0.3) is 5.91 Å². The molecule has 0 aliphatic carbocycles. The van der Waals surface area contributed by atoms with Crippen molar-refractivity contribution in [2.45, 2.75) is 6.54 Å². The highest BCUT2D eigenvalue weighted by Crippen LogP contribution is 2.09. The molecule has 0 atom stereocenters. The van der Waals surface area contributed by atoms with Crippen LogP contribution in [0.25, 0.3) is 0 Å². The summed E-state index contributed by atoms with van der Waals surface area (Å²) in [5, 5.41) is 3.54. The van der Waals surface area contributed by atoms with Gasteiger partial charge in [0.2, 0.25) is 0 Å². The van der Waals surface area contributed by atoms with Crippen molar-refractivity contribution in [3.05, 3.63) is 70.2 Å². The first-order valence-corrected chi connectivity index (χ1v) is 6.88. The van der Waals surface area contributed by atoms with Crippen LogP contribution in [0.4, 0.5) is 0 Å². The number of rotatable bonds is 3. The zero-order valence-corrected chi connectivity index (χ0v) is 12.2. The molecule has 0 aliphatic heterocycles. The second-order valence-corrected chi connectivity index (χ2v) is 4.83. The lowest BCUT2D eigenvalue weighted by Crippen LogP contribution is -2.22. The van der Waals surface area contributed by atoms with Gasteiger partial charge in [-0.1, -0.05) is 35.6 Å². The quantitative estimate of drug-likeness (QED) is 0.856. The van der Waals surface area contributed by atoms with Gasteiger partial charge in [0.1, 0.15) is 0 Å². The molecule has 4 heteroatoms. The number of benzene rings is 2. The first kappa shape index (κ1) is 15.1. The fourth-order valence-electron chi connectivity index (χ4n) is 1.74. The third-order valence-corrected chi connectivity index (χ3v) is 3.10. The van der Waals surface area contributed by atoms with Gasteiger partial charge in [-0.25, -0.2) is 0 Å². The highest BCUT2D eigenvalue weighted by molar-refractivity contribution is 6.30. The van der Waals surface area contributed by atoms with E-state index in [9.17, 15) is 4.79 Å². The van der Waals surface area contributed by atoms with Gasteiger partial charge in [-0.05, 0) is 42.0 Å². The Morgan fingerprint density at radius 2 is 1.76 bits per heavy atom. The molecule has 0 heterocycles. The van der Waals surface area contributed by atoms with Crippen LogP contribution in [0.1, 0.15) is 21.5 Å². The van der Waals surface area contributed by atoms with Crippen molar-refractivity contribution < 1.29 is 4.79 Å². The Morgan fingerprint density at radius 1 is 1.10 bits per heavy atom. The first-order valence-electron chi connectivity index (χ1n) is 6.50. The van der Waals surface area contributed by atoms with E-state index < -0.39 is 0 Å². The molecule has 0 spiro atoms. The molecule has 0 fully saturated rings. The van der Waals surface area contributed by atoms with Gasteiger partial charge in [-0.3, -0.25) is 4.79 Å². The highest BCUT2D eigenvalue weighted by Gasteiger charge is 2.04. The minimum absolute atomic E-state index is 0.122. The number of nitrogens with one attached hydrogen (secondary N) is 1. The number of hydrogen-bond donors (Lipinski definition) is 2. The summed E-state index contributed by atoms with van der Waals surface area (Å²) in [5.74, 6) is 5.56. The van der Waals surface area contributed by atoms with Crippen molar-refractivity contribution >= 4 is 17.5 Å². The average Bonchev–Trinajstić information content (AvgIpc) is 2.52. The van der Waals surface area contributed by atoms with Crippen molar-refractivity contribution in [1.29, 1.82) is 0 Å². The molecule has 106 valence electrons. The van der Waals surface area contributed by atoms with E-state index >= 15 is 0 Å². The molecule has 2 aromatic rings. The SMILES string of the molecule is NCC#Cc1ccc(C(=O)NCc2ccc(Cl)cc2)cc1. The fourth-order valence-corrected chi connectivity index (χ4v) is 1.87. The topological polar surface area (TPSA) is 55.1 Å². The Labute approximate surface area is 129 Å². The normalized spacial score (nSPS) is 9.62. The molecule has 3 nitrogen and oxygen atoms in total. The summed E-state index contributed by atoms with van der Waals surface area (Å²) in [6.45, 7) is 0.786. The van der Waals surface area contributed by atoms with Gasteiger partial charge in [0.15, 0.2) is 0 Å². The Balaban J connectivity index is 1.95. The van der Waals surface area contributed by atoms with Crippen LogP contribution in [0.2, 0.25) is 5.02 Å². The number of halogens is 1. The maximum absolute atomic E-state index is 12.0. The molecule has 0 saturated carbocycles. The third kappa shape index (κ3) is 4.64. The van der Waals surface area contributed by atoms with E-state index in [2.05, 4.69) is 17.2 Å². The van der Waals surface area contributed by atoms with Gasteiger partial charge in [0, 0.05) is 22.7 Å². The van der Waals surface area contributed by atoms with Crippen LogP contribution in [0, 0.1) is 11.8 Å². The molecule has 0 bridgehead atoms. The monoisotopic (exact) mass is 298 g/mol. The fraction of sp³-hybridized carbons (Fsp3) is 0.118. The average molecular weight is 299 g/mol. The van der Waals surface area contributed by atoms with E-state index in [0.29, 0.717) is 23.7 Å². The maximum Gasteiger partial charge on any atom is 0.251 e. The predicted molar refractivity (Wildman–Crippen MR) is 85.0 cm³/mol. The lowest BCUT2D eigenvalue weighted by molar-refractivity contribution is 0.0951. The lowest BCUT2D eigenvalue weighted by atomic mass is 10.1. The van der Waals surface area contributed by atoms with E-state index in [1.807, 2.05) is 12.1 Å². The van der Waals surface area contributed by atoms with Crippen LogP contribution in [-0.4, -0.2) is 12.5 Å². The predicted octanol–water partition coefficient (Wildman–Crippen LogP) is 2.58. The van der Waals surface area contributed by atoms with Crippen LogP contribution in [-0.2, 0) is 6.54 Å². The zero-order valence-electron chi connectivity index (χ0n) is 11.4. The number of nitrogens with two attached hydrogens (primary N) is 1. The highest BCUT2D eigenvalue weighted by atomic mass is 35.5. The van der Waals surface area contributed by atoms with Gasteiger partial charge < -0.3 is 11.1 Å². The van der Waals surface area contributed by atoms with E-state index in [1.165, 1.54) is 0 Å². The molecule has 0 saturated heterocycles. The lowest BCUT2D eigenvalue weighted by Gasteiger charge is -2.05. The molecular weight excluding hydrogens is 284 g/mol. The number of hydrogen-bond acceptors (Lipinski definition) is 2. The molecule has 0 radical (unpaired) electrons. The van der Waals surface area contributed by atoms with E-state index in [0.717, 1.165) is 11.1 Å². The summed E-state index contributed by atoms with van der Waals surface area (Å²) in [5.41, 5.74) is 7.75. The minimum Gasteiger partial charge on any atom is -0.348 e. The molecule has 2 aromatic carbocycles. The second-order valence-electron chi connectivity index (χ2n) is 4.39. The summed E-state index contributed by atoms with van der Waals surface area (Å²) in [4.78, 5) is 12.0. The standard InChI is InChI=1S/C17H15ClN2O/c18-16-9-5-14(6-10-16)12-20-17(21)15-7-3-13(4-8-15)2-1-11-19/h3-10H,11-12,19H2,(H,20,21). The van der Waals surface area contributed by atoms with Crippen molar-refractivity contribution in [2.24, 2.45) is 5.73 Å². The Hall–Kier alpha value is -2.28. The molecule has 0 aromatic heterocycles. The number of amides is 1. The van der Waals surface area contributed by atoms with Gasteiger partial charge in [-0.15, -0.1) is 0 Å². The summed E-state index contributed by atoms with van der Waals surface area (Å²) < 4.78 is 0. The molecule has 0 aliphatic rings. The van der Waals surface area contributed by atoms with Gasteiger partial charge in [-0.2, -0.15) is 0 Å². The largest absolute Gasteiger partial charge is 0.348 e. The maximum atomic E-state index is 12.0. The van der Waals surface area contributed by atoms with Gasteiger partial charge in [0.05, 0.1) is 6.54 Å². The van der Waals surface area contributed by atoms with Gasteiger partial charge >= 0.3 is 0 Å². The Morgan fingerprint density at radius 3 is 2.38 bits per heavy atom. The number of carbonyl (C=O) groups is 1.